The van der Waals surface area contributed by atoms with Crippen LogP contribution in [0.25, 0.3) is 5.69 Å². The van der Waals surface area contributed by atoms with Crippen LogP contribution in [0.5, 0.6) is 11.5 Å². The molecular weight excluding hydrogens is 418 g/mol. The monoisotopic (exact) mass is 443 g/mol. The normalized spacial score (nSPS) is 10.7. The van der Waals surface area contributed by atoms with Crippen molar-refractivity contribution in [2.45, 2.75) is 27.2 Å². The molecular formula is C23H26ClN3O4. The van der Waals surface area contributed by atoms with Gasteiger partial charge in [-0.25, -0.2) is 4.68 Å². The van der Waals surface area contributed by atoms with Gasteiger partial charge in [0.2, 0.25) is 0 Å². The van der Waals surface area contributed by atoms with Crippen LogP contribution in [0.3, 0.4) is 0 Å². The minimum absolute atomic E-state index is 0.205. The number of amides is 1. The van der Waals surface area contributed by atoms with E-state index in [9.17, 15) is 9.59 Å². The molecule has 0 atom stereocenters. The highest BCUT2D eigenvalue weighted by molar-refractivity contribution is 6.32. The summed E-state index contributed by atoms with van der Waals surface area (Å²) < 4.78 is 14.5. The van der Waals surface area contributed by atoms with Gasteiger partial charge >= 0.3 is 0 Å². The summed E-state index contributed by atoms with van der Waals surface area (Å²) in [6.45, 7) is 6.47. The van der Waals surface area contributed by atoms with Crippen molar-refractivity contribution in [3.63, 3.8) is 0 Å². The first kappa shape index (κ1) is 22.5. The average Bonchev–Trinajstić information content (AvgIpc) is 2.97. The van der Waals surface area contributed by atoms with E-state index in [4.69, 9.17) is 21.1 Å². The first-order chi connectivity index (χ1) is 14.9. The fourth-order valence-corrected chi connectivity index (χ4v) is 3.47. The second-order valence-electron chi connectivity index (χ2n) is 6.96. The van der Waals surface area contributed by atoms with Crippen molar-refractivity contribution in [1.29, 1.82) is 0 Å². The Balaban J connectivity index is 1.96. The summed E-state index contributed by atoms with van der Waals surface area (Å²) in [6.07, 6.45) is 0.811. The molecule has 0 aliphatic heterocycles. The smallest absolute Gasteiger partial charge is 0.295 e. The van der Waals surface area contributed by atoms with Crippen LogP contribution in [0, 0.1) is 6.92 Å². The molecule has 7 nitrogen and oxygen atoms in total. The number of hydrogen-bond donors (Lipinski definition) is 1. The molecule has 31 heavy (non-hydrogen) atoms. The lowest BCUT2D eigenvalue weighted by Crippen LogP contribution is -2.23. The summed E-state index contributed by atoms with van der Waals surface area (Å²) in [5.41, 5.74) is 1.49. The maximum Gasteiger partial charge on any atom is 0.295 e. The number of hydrogen-bond acceptors (Lipinski definition) is 4. The molecule has 0 aliphatic carbocycles. The number of nitrogens with zero attached hydrogens (tertiary/aromatic N) is 2. The van der Waals surface area contributed by atoms with Gasteiger partial charge in [-0.1, -0.05) is 36.7 Å². The van der Waals surface area contributed by atoms with E-state index in [0.717, 1.165) is 6.42 Å². The standard InChI is InChI=1S/C23H26ClN3O4/c1-5-12-31-21-18(24)13-16(14-19(21)30-6-2)22(28)25-20-15(3)26(4)27(23(20)29)17-10-8-7-9-11-17/h7-11,13-14H,5-6,12H2,1-4H3,(H,25,28). The Morgan fingerprint density at radius 1 is 1.13 bits per heavy atom. The first-order valence-electron chi connectivity index (χ1n) is 10.1. The summed E-state index contributed by atoms with van der Waals surface area (Å²) in [5.74, 6) is 0.334. The minimum Gasteiger partial charge on any atom is -0.490 e. The predicted molar refractivity (Wildman–Crippen MR) is 122 cm³/mol. The van der Waals surface area contributed by atoms with E-state index in [1.54, 1.807) is 24.7 Å². The SMILES string of the molecule is CCCOc1c(Cl)cc(C(=O)Nc2c(C)n(C)n(-c3ccccc3)c2=O)cc1OCC. The van der Waals surface area contributed by atoms with Crippen LogP contribution in [0.2, 0.25) is 5.02 Å². The zero-order valence-electron chi connectivity index (χ0n) is 18.1. The number of para-hydroxylation sites is 1. The number of aromatic nitrogens is 2. The van der Waals surface area contributed by atoms with Gasteiger partial charge in [0.15, 0.2) is 11.5 Å². The van der Waals surface area contributed by atoms with Crippen molar-refractivity contribution in [2.24, 2.45) is 7.05 Å². The van der Waals surface area contributed by atoms with Crippen LogP contribution >= 0.6 is 11.6 Å². The molecule has 2 aromatic carbocycles. The van der Waals surface area contributed by atoms with Crippen molar-refractivity contribution in [2.75, 3.05) is 18.5 Å². The molecule has 8 heteroatoms. The van der Waals surface area contributed by atoms with E-state index in [1.807, 2.05) is 44.2 Å². The highest BCUT2D eigenvalue weighted by atomic mass is 35.5. The van der Waals surface area contributed by atoms with E-state index >= 15 is 0 Å². The van der Waals surface area contributed by atoms with E-state index in [-0.39, 0.29) is 21.8 Å². The predicted octanol–water partition coefficient (Wildman–Crippen LogP) is 4.58. The molecule has 3 aromatic rings. The molecule has 0 unspecified atom stereocenters. The van der Waals surface area contributed by atoms with Gasteiger partial charge in [-0.05, 0) is 44.5 Å². The van der Waals surface area contributed by atoms with Crippen molar-refractivity contribution in [1.82, 2.24) is 9.36 Å². The summed E-state index contributed by atoms with van der Waals surface area (Å²) in [6, 6.07) is 12.3. The highest BCUT2D eigenvalue weighted by Crippen LogP contribution is 2.37. The molecule has 1 amide bonds. The van der Waals surface area contributed by atoms with Gasteiger partial charge in [0.1, 0.15) is 5.69 Å². The summed E-state index contributed by atoms with van der Waals surface area (Å²) >= 11 is 6.37. The topological polar surface area (TPSA) is 74.5 Å². The maximum absolute atomic E-state index is 13.0. The first-order valence-corrected chi connectivity index (χ1v) is 10.5. The third kappa shape index (κ3) is 4.61. The van der Waals surface area contributed by atoms with Gasteiger partial charge < -0.3 is 14.8 Å². The number of nitrogens with one attached hydrogen (secondary N) is 1. The quantitative estimate of drug-likeness (QED) is 0.553. The van der Waals surface area contributed by atoms with Crippen LogP contribution in [0.4, 0.5) is 5.69 Å². The van der Waals surface area contributed by atoms with E-state index in [1.165, 1.54) is 10.7 Å². The van der Waals surface area contributed by atoms with Crippen LogP contribution < -0.4 is 20.3 Å². The lowest BCUT2D eigenvalue weighted by molar-refractivity contribution is 0.102. The van der Waals surface area contributed by atoms with Gasteiger partial charge in [-0.15, -0.1) is 0 Å². The molecule has 0 spiro atoms. The zero-order valence-corrected chi connectivity index (χ0v) is 18.8. The fraction of sp³-hybridized carbons (Fsp3) is 0.304. The van der Waals surface area contributed by atoms with Gasteiger partial charge in [-0.2, -0.15) is 0 Å². The second-order valence-corrected chi connectivity index (χ2v) is 7.36. The highest BCUT2D eigenvalue weighted by Gasteiger charge is 2.21. The molecule has 1 N–H and O–H groups in total. The van der Waals surface area contributed by atoms with E-state index < -0.39 is 5.91 Å². The molecule has 164 valence electrons. The Morgan fingerprint density at radius 2 is 1.84 bits per heavy atom. The van der Waals surface area contributed by atoms with Crippen LogP contribution in [0.15, 0.2) is 47.3 Å². The lowest BCUT2D eigenvalue weighted by atomic mass is 10.1. The summed E-state index contributed by atoms with van der Waals surface area (Å²) in [5, 5.41) is 3.01. The van der Waals surface area contributed by atoms with Crippen LogP contribution in [-0.2, 0) is 7.05 Å². The largest absolute Gasteiger partial charge is 0.490 e. The summed E-state index contributed by atoms with van der Waals surface area (Å²) in [4.78, 5) is 26.0. The average molecular weight is 444 g/mol. The molecule has 0 fully saturated rings. The van der Waals surface area contributed by atoms with E-state index in [2.05, 4.69) is 5.32 Å². The summed E-state index contributed by atoms with van der Waals surface area (Å²) in [7, 11) is 1.77. The van der Waals surface area contributed by atoms with Gasteiger partial charge in [-0.3, -0.25) is 14.3 Å². The van der Waals surface area contributed by atoms with Gasteiger partial charge in [0.25, 0.3) is 11.5 Å². The number of ether oxygens (including phenoxy) is 2. The molecule has 0 saturated heterocycles. The number of carbonyl (C=O) groups excluding carboxylic acids is 1. The molecule has 0 radical (unpaired) electrons. The Hall–Kier alpha value is -3.19. The minimum atomic E-state index is -0.462. The molecule has 3 rings (SSSR count). The maximum atomic E-state index is 13.0. The Labute approximate surface area is 186 Å². The van der Waals surface area contributed by atoms with Gasteiger partial charge in [0.05, 0.1) is 29.6 Å². The van der Waals surface area contributed by atoms with Crippen molar-refractivity contribution >= 4 is 23.2 Å². The Kier molecular flexibility index (Phi) is 7.07. The van der Waals surface area contributed by atoms with E-state index in [0.29, 0.717) is 36.1 Å². The second kappa shape index (κ2) is 9.75. The zero-order chi connectivity index (χ0) is 22.5. The molecule has 0 bridgehead atoms. The number of carbonyl (C=O) groups is 1. The molecule has 1 heterocycles. The molecule has 0 saturated carbocycles. The van der Waals surface area contributed by atoms with Crippen LogP contribution in [-0.4, -0.2) is 28.5 Å². The van der Waals surface area contributed by atoms with Crippen molar-refractivity contribution < 1.29 is 14.3 Å². The van der Waals surface area contributed by atoms with Crippen molar-refractivity contribution in [3.8, 4) is 17.2 Å². The number of halogens is 1. The Bertz CT molecular complexity index is 1140. The molecule has 1 aromatic heterocycles. The third-order valence-electron chi connectivity index (χ3n) is 4.81. The number of benzene rings is 2. The fourth-order valence-electron chi connectivity index (χ4n) is 3.20. The number of rotatable bonds is 8. The third-order valence-corrected chi connectivity index (χ3v) is 5.10. The van der Waals surface area contributed by atoms with Crippen LogP contribution in [0.1, 0.15) is 36.3 Å². The Morgan fingerprint density at radius 3 is 2.48 bits per heavy atom. The lowest BCUT2D eigenvalue weighted by Gasteiger charge is -2.14. The number of anilines is 1. The van der Waals surface area contributed by atoms with Crippen molar-refractivity contribution in [3.05, 3.63) is 69.1 Å². The van der Waals surface area contributed by atoms with Gasteiger partial charge in [0, 0.05) is 12.6 Å². The molecule has 0 aliphatic rings.